The molecule has 1 saturated heterocycles. The Balaban J connectivity index is 1.49. The molecule has 178 valence electrons. The van der Waals surface area contributed by atoms with Crippen molar-refractivity contribution >= 4 is 17.5 Å². The molecule has 0 radical (unpaired) electrons. The highest BCUT2D eigenvalue weighted by atomic mass is 16.3. The van der Waals surface area contributed by atoms with Gasteiger partial charge in [0.1, 0.15) is 17.3 Å². The number of rotatable bonds is 8. The maximum absolute atomic E-state index is 9.37. The molecule has 2 N–H and O–H groups in total. The summed E-state index contributed by atoms with van der Waals surface area (Å²) in [4.78, 5) is 11.9. The van der Waals surface area contributed by atoms with E-state index < -0.39 is 0 Å². The fourth-order valence-electron chi connectivity index (χ4n) is 4.37. The molecular formula is C27H34N6O. The average Bonchev–Trinajstić information content (AvgIpc) is 3.16. The Kier molecular flexibility index (Phi) is 7.49. The number of nitrogens with zero attached hydrogens (tertiary/aromatic N) is 4. The number of anilines is 3. The predicted octanol–water partition coefficient (Wildman–Crippen LogP) is 5.32. The van der Waals surface area contributed by atoms with Gasteiger partial charge in [0.15, 0.2) is 0 Å². The summed E-state index contributed by atoms with van der Waals surface area (Å²) in [7, 11) is 0. The van der Waals surface area contributed by atoms with Crippen LogP contribution in [-0.2, 0) is 13.0 Å². The van der Waals surface area contributed by atoms with Gasteiger partial charge in [-0.05, 0) is 69.4 Å². The number of hydrogen-bond donors (Lipinski definition) is 2. The third kappa shape index (κ3) is 5.75. The minimum Gasteiger partial charge on any atom is -0.465 e. The highest BCUT2D eigenvalue weighted by molar-refractivity contribution is 5.59. The van der Waals surface area contributed by atoms with Crippen molar-refractivity contribution in [3.05, 3.63) is 64.2 Å². The topological polar surface area (TPSA) is 90.0 Å². The quantitative estimate of drug-likeness (QED) is 0.472. The lowest BCUT2D eigenvalue weighted by Crippen LogP contribution is -2.45. The molecule has 1 unspecified atom stereocenters. The second kappa shape index (κ2) is 10.7. The number of nitriles is 1. The minimum absolute atomic E-state index is 0.371. The van der Waals surface area contributed by atoms with Gasteiger partial charge in [-0.2, -0.15) is 10.2 Å². The Labute approximate surface area is 202 Å². The first kappa shape index (κ1) is 23.8. The van der Waals surface area contributed by atoms with Crippen molar-refractivity contribution in [3.63, 3.8) is 0 Å². The first-order valence-electron chi connectivity index (χ1n) is 12.1. The second-order valence-electron chi connectivity index (χ2n) is 9.18. The predicted molar refractivity (Wildman–Crippen MR) is 135 cm³/mol. The number of nitrogens with one attached hydrogen (secondary N) is 2. The Morgan fingerprint density at radius 3 is 2.74 bits per heavy atom. The van der Waals surface area contributed by atoms with Gasteiger partial charge in [-0.1, -0.05) is 19.4 Å². The summed E-state index contributed by atoms with van der Waals surface area (Å²) in [5.74, 6) is 3.50. The molecule has 1 atom stereocenters. The van der Waals surface area contributed by atoms with Gasteiger partial charge < -0.3 is 20.0 Å². The van der Waals surface area contributed by atoms with Crippen LogP contribution in [-0.4, -0.2) is 29.1 Å². The summed E-state index contributed by atoms with van der Waals surface area (Å²) in [6, 6.07) is 12.6. The molecule has 7 heteroatoms. The van der Waals surface area contributed by atoms with Gasteiger partial charge in [-0.3, -0.25) is 0 Å². The molecule has 1 aromatic carbocycles. The number of piperidine rings is 1. The number of aryl methyl sites for hydroxylation is 4. The van der Waals surface area contributed by atoms with Crippen LogP contribution in [0, 0.1) is 32.1 Å². The lowest BCUT2D eigenvalue weighted by atomic mass is 10.1. The van der Waals surface area contributed by atoms with E-state index in [-0.39, 0.29) is 0 Å². The minimum atomic E-state index is 0.371. The van der Waals surface area contributed by atoms with Gasteiger partial charge in [0.2, 0.25) is 5.95 Å². The average molecular weight is 459 g/mol. The van der Waals surface area contributed by atoms with Gasteiger partial charge >= 0.3 is 0 Å². The van der Waals surface area contributed by atoms with E-state index in [1.807, 2.05) is 32.0 Å². The number of hydrogen-bond acceptors (Lipinski definition) is 7. The zero-order valence-electron chi connectivity index (χ0n) is 20.6. The summed E-state index contributed by atoms with van der Waals surface area (Å²) >= 11 is 0. The summed E-state index contributed by atoms with van der Waals surface area (Å²) in [6.07, 6.45) is 4.15. The molecule has 0 amide bonds. The Morgan fingerprint density at radius 1 is 1.15 bits per heavy atom. The van der Waals surface area contributed by atoms with Crippen molar-refractivity contribution in [1.82, 2.24) is 15.3 Å². The summed E-state index contributed by atoms with van der Waals surface area (Å²) in [5.41, 5.74) is 4.66. The van der Waals surface area contributed by atoms with Gasteiger partial charge in [0, 0.05) is 36.6 Å². The van der Waals surface area contributed by atoms with Crippen LogP contribution in [0.4, 0.5) is 17.5 Å². The first-order valence-corrected chi connectivity index (χ1v) is 12.1. The molecule has 7 nitrogen and oxygen atoms in total. The molecule has 1 fully saturated rings. The van der Waals surface area contributed by atoms with E-state index in [1.165, 1.54) is 5.56 Å². The van der Waals surface area contributed by atoms with Crippen LogP contribution in [0.25, 0.3) is 0 Å². The molecule has 0 aliphatic carbocycles. The van der Waals surface area contributed by atoms with Crippen LogP contribution in [0.1, 0.15) is 60.1 Å². The lowest BCUT2D eigenvalue weighted by molar-refractivity contribution is 0.389. The SMILES string of the molecule is CCCc1cc(N2CCCC(NCc3cc(C)c(C)o3)C2)nc(Nc2ccc(C)c(C#N)c2)n1. The van der Waals surface area contributed by atoms with Gasteiger partial charge in [0.25, 0.3) is 0 Å². The molecule has 1 aliphatic heterocycles. The van der Waals surface area contributed by atoms with Crippen molar-refractivity contribution < 1.29 is 4.42 Å². The van der Waals surface area contributed by atoms with Crippen molar-refractivity contribution in [1.29, 1.82) is 5.26 Å². The second-order valence-corrected chi connectivity index (χ2v) is 9.18. The van der Waals surface area contributed by atoms with Crippen molar-refractivity contribution in [2.24, 2.45) is 0 Å². The molecular weight excluding hydrogens is 424 g/mol. The standard InChI is InChI=1S/C27H34N6O/c1-5-7-22-14-26(32-27(30-22)31-23-10-9-18(2)21(13-23)15-28)33-11-6-8-24(17-33)29-16-25-12-19(3)20(4)34-25/h9-10,12-14,24,29H,5-8,11,16-17H2,1-4H3,(H,30,31,32). The molecule has 34 heavy (non-hydrogen) atoms. The summed E-state index contributed by atoms with van der Waals surface area (Å²) in [5, 5.41) is 16.4. The van der Waals surface area contributed by atoms with E-state index in [0.29, 0.717) is 17.6 Å². The van der Waals surface area contributed by atoms with E-state index in [2.05, 4.69) is 47.6 Å². The lowest BCUT2D eigenvalue weighted by Gasteiger charge is -2.34. The molecule has 3 aromatic rings. The highest BCUT2D eigenvalue weighted by Crippen LogP contribution is 2.24. The van der Waals surface area contributed by atoms with Crippen molar-refractivity contribution in [2.75, 3.05) is 23.3 Å². The zero-order chi connectivity index (χ0) is 24.1. The van der Waals surface area contributed by atoms with Crippen LogP contribution in [0.2, 0.25) is 0 Å². The Bertz CT molecular complexity index is 1160. The fourth-order valence-corrected chi connectivity index (χ4v) is 4.37. The first-order chi connectivity index (χ1) is 16.4. The highest BCUT2D eigenvalue weighted by Gasteiger charge is 2.22. The van der Waals surface area contributed by atoms with Crippen LogP contribution in [0.5, 0.6) is 0 Å². The van der Waals surface area contributed by atoms with Crippen LogP contribution in [0.15, 0.2) is 34.7 Å². The van der Waals surface area contributed by atoms with E-state index in [9.17, 15) is 5.26 Å². The molecule has 3 heterocycles. The molecule has 2 aromatic heterocycles. The van der Waals surface area contributed by atoms with Crippen LogP contribution in [0.3, 0.4) is 0 Å². The molecule has 0 saturated carbocycles. The Morgan fingerprint density at radius 2 is 2.00 bits per heavy atom. The van der Waals surface area contributed by atoms with Crippen LogP contribution < -0.4 is 15.5 Å². The van der Waals surface area contributed by atoms with E-state index in [1.54, 1.807) is 0 Å². The molecule has 1 aliphatic rings. The number of aromatic nitrogens is 2. The van der Waals surface area contributed by atoms with Crippen molar-refractivity contribution in [2.45, 2.75) is 66.0 Å². The van der Waals surface area contributed by atoms with Gasteiger partial charge in [-0.15, -0.1) is 0 Å². The summed E-state index contributed by atoms with van der Waals surface area (Å²) < 4.78 is 5.83. The normalized spacial score (nSPS) is 15.9. The third-order valence-corrected chi connectivity index (χ3v) is 6.41. The van der Waals surface area contributed by atoms with Crippen LogP contribution >= 0.6 is 0 Å². The van der Waals surface area contributed by atoms with Gasteiger partial charge in [-0.25, -0.2) is 4.98 Å². The Hall–Kier alpha value is -3.37. The molecule has 0 spiro atoms. The monoisotopic (exact) mass is 458 g/mol. The van der Waals surface area contributed by atoms with E-state index >= 15 is 0 Å². The summed E-state index contributed by atoms with van der Waals surface area (Å²) in [6.45, 7) is 10.8. The molecule has 0 bridgehead atoms. The molecule has 4 rings (SSSR count). The third-order valence-electron chi connectivity index (χ3n) is 6.41. The van der Waals surface area contributed by atoms with Gasteiger partial charge in [0.05, 0.1) is 18.2 Å². The zero-order valence-corrected chi connectivity index (χ0v) is 20.6. The fraction of sp³-hybridized carbons (Fsp3) is 0.444. The largest absolute Gasteiger partial charge is 0.465 e. The smallest absolute Gasteiger partial charge is 0.229 e. The maximum Gasteiger partial charge on any atom is 0.229 e. The number of furan rings is 1. The number of benzene rings is 1. The van der Waals surface area contributed by atoms with Crippen molar-refractivity contribution in [3.8, 4) is 6.07 Å². The van der Waals surface area contributed by atoms with E-state index in [4.69, 9.17) is 14.4 Å². The maximum atomic E-state index is 9.37. The van der Waals surface area contributed by atoms with E-state index in [0.717, 1.165) is 79.6 Å².